The second-order valence-electron chi connectivity index (χ2n) is 6.75. The zero-order valence-corrected chi connectivity index (χ0v) is 16.7. The highest BCUT2D eigenvalue weighted by molar-refractivity contribution is 6.32. The van der Waals surface area contributed by atoms with E-state index in [9.17, 15) is 4.79 Å². The van der Waals surface area contributed by atoms with E-state index in [0.717, 1.165) is 16.7 Å². The first-order valence-electron chi connectivity index (χ1n) is 9.32. The molecule has 0 fully saturated rings. The van der Waals surface area contributed by atoms with Gasteiger partial charge in [0.15, 0.2) is 11.5 Å². The summed E-state index contributed by atoms with van der Waals surface area (Å²) >= 11 is 6.22. The van der Waals surface area contributed by atoms with Crippen LogP contribution in [0.2, 0.25) is 5.02 Å². The van der Waals surface area contributed by atoms with E-state index in [4.69, 9.17) is 25.5 Å². The molecule has 2 heterocycles. The number of benzene rings is 2. The van der Waals surface area contributed by atoms with Crippen LogP contribution in [-0.2, 0) is 17.8 Å². The summed E-state index contributed by atoms with van der Waals surface area (Å²) in [4.78, 5) is 12.2. The number of halogens is 1. The Morgan fingerprint density at radius 3 is 2.76 bits per heavy atom. The van der Waals surface area contributed by atoms with Crippen LogP contribution in [0.3, 0.4) is 0 Å². The SMILES string of the molecule is Cc1ccc(-c2nnc(CCC(=O)NCc3cc(Cl)c4c(c3)OCCO4)o2)cc1. The van der Waals surface area contributed by atoms with Crippen molar-refractivity contribution < 1.29 is 18.7 Å². The highest BCUT2D eigenvalue weighted by Gasteiger charge is 2.17. The summed E-state index contributed by atoms with van der Waals surface area (Å²) in [6.45, 7) is 3.31. The van der Waals surface area contributed by atoms with Crippen molar-refractivity contribution in [2.75, 3.05) is 13.2 Å². The lowest BCUT2D eigenvalue weighted by molar-refractivity contribution is -0.121. The highest BCUT2D eigenvalue weighted by atomic mass is 35.5. The lowest BCUT2D eigenvalue weighted by atomic mass is 10.1. The number of aromatic nitrogens is 2. The van der Waals surface area contributed by atoms with Crippen LogP contribution in [0.4, 0.5) is 0 Å². The number of carbonyl (C=O) groups is 1. The molecule has 1 aromatic heterocycles. The van der Waals surface area contributed by atoms with E-state index < -0.39 is 0 Å². The third-order valence-electron chi connectivity index (χ3n) is 4.48. The first kappa shape index (κ1) is 19.3. The maximum absolute atomic E-state index is 12.2. The summed E-state index contributed by atoms with van der Waals surface area (Å²) in [5.41, 5.74) is 2.85. The molecular formula is C21H20ClN3O4. The quantitative estimate of drug-likeness (QED) is 0.662. The van der Waals surface area contributed by atoms with Gasteiger partial charge in [-0.05, 0) is 36.8 Å². The fourth-order valence-electron chi connectivity index (χ4n) is 2.94. The molecular weight excluding hydrogens is 394 g/mol. The van der Waals surface area contributed by atoms with Gasteiger partial charge in [0.25, 0.3) is 0 Å². The van der Waals surface area contributed by atoms with Gasteiger partial charge in [-0.25, -0.2) is 0 Å². The van der Waals surface area contributed by atoms with Crippen molar-refractivity contribution in [2.24, 2.45) is 0 Å². The van der Waals surface area contributed by atoms with Gasteiger partial charge in [-0.2, -0.15) is 0 Å². The largest absolute Gasteiger partial charge is 0.486 e. The van der Waals surface area contributed by atoms with E-state index in [1.54, 1.807) is 6.07 Å². The molecule has 1 N–H and O–H groups in total. The molecule has 150 valence electrons. The van der Waals surface area contributed by atoms with Gasteiger partial charge < -0.3 is 19.2 Å². The molecule has 0 bridgehead atoms. The molecule has 0 atom stereocenters. The Hall–Kier alpha value is -3.06. The third-order valence-corrected chi connectivity index (χ3v) is 4.76. The van der Waals surface area contributed by atoms with Crippen LogP contribution in [0.25, 0.3) is 11.5 Å². The Balaban J connectivity index is 1.30. The maximum atomic E-state index is 12.2. The molecule has 0 saturated carbocycles. The van der Waals surface area contributed by atoms with Crippen molar-refractivity contribution in [3.8, 4) is 23.0 Å². The van der Waals surface area contributed by atoms with Gasteiger partial charge in [-0.1, -0.05) is 29.3 Å². The van der Waals surface area contributed by atoms with Crippen LogP contribution in [-0.4, -0.2) is 29.3 Å². The van der Waals surface area contributed by atoms with E-state index in [0.29, 0.717) is 54.5 Å². The number of amides is 1. The minimum absolute atomic E-state index is 0.119. The molecule has 2 aromatic carbocycles. The van der Waals surface area contributed by atoms with E-state index in [2.05, 4.69) is 15.5 Å². The maximum Gasteiger partial charge on any atom is 0.247 e. The molecule has 0 aliphatic carbocycles. The molecule has 0 saturated heterocycles. The van der Waals surface area contributed by atoms with Crippen molar-refractivity contribution in [3.05, 3.63) is 58.4 Å². The van der Waals surface area contributed by atoms with Crippen LogP contribution >= 0.6 is 11.6 Å². The predicted octanol–water partition coefficient (Wildman–Crippen LogP) is 3.72. The monoisotopic (exact) mass is 413 g/mol. The summed E-state index contributed by atoms with van der Waals surface area (Å²) in [6.07, 6.45) is 0.612. The van der Waals surface area contributed by atoms with Crippen LogP contribution < -0.4 is 14.8 Å². The van der Waals surface area contributed by atoms with Gasteiger partial charge in [-0.3, -0.25) is 4.79 Å². The number of fused-ring (bicyclic) bond motifs is 1. The minimum Gasteiger partial charge on any atom is -0.486 e. The summed E-state index contributed by atoms with van der Waals surface area (Å²) in [5.74, 6) is 1.91. The van der Waals surface area contributed by atoms with Crippen molar-refractivity contribution >= 4 is 17.5 Å². The lowest BCUT2D eigenvalue weighted by Crippen LogP contribution is -2.23. The number of aryl methyl sites for hydroxylation is 2. The topological polar surface area (TPSA) is 86.5 Å². The van der Waals surface area contributed by atoms with Gasteiger partial charge in [0.1, 0.15) is 13.2 Å². The van der Waals surface area contributed by atoms with Gasteiger partial charge in [0.2, 0.25) is 17.7 Å². The fourth-order valence-corrected chi connectivity index (χ4v) is 3.23. The smallest absolute Gasteiger partial charge is 0.247 e. The Morgan fingerprint density at radius 2 is 1.93 bits per heavy atom. The molecule has 7 nitrogen and oxygen atoms in total. The van der Waals surface area contributed by atoms with Gasteiger partial charge >= 0.3 is 0 Å². The number of rotatable bonds is 6. The Labute approximate surface area is 173 Å². The second kappa shape index (κ2) is 8.53. The molecule has 0 spiro atoms. The fraction of sp³-hybridized carbons (Fsp3) is 0.286. The molecule has 29 heavy (non-hydrogen) atoms. The number of ether oxygens (including phenoxy) is 2. The molecule has 1 aliphatic heterocycles. The molecule has 1 aliphatic rings. The van der Waals surface area contributed by atoms with Crippen LogP contribution in [0.5, 0.6) is 11.5 Å². The number of nitrogens with zero attached hydrogens (tertiary/aromatic N) is 2. The minimum atomic E-state index is -0.119. The zero-order valence-electron chi connectivity index (χ0n) is 15.9. The van der Waals surface area contributed by atoms with Crippen LogP contribution in [0, 0.1) is 6.92 Å². The zero-order chi connectivity index (χ0) is 20.2. The van der Waals surface area contributed by atoms with Gasteiger partial charge in [0, 0.05) is 24.9 Å². The molecule has 4 rings (SSSR count). The number of nitrogens with one attached hydrogen (secondary N) is 1. The van der Waals surface area contributed by atoms with E-state index in [1.807, 2.05) is 37.3 Å². The Kier molecular flexibility index (Phi) is 5.67. The van der Waals surface area contributed by atoms with Gasteiger partial charge in [0.05, 0.1) is 5.02 Å². The average molecular weight is 414 g/mol. The standard InChI is InChI=1S/C21H20ClN3O4/c1-13-2-4-15(5-3-13)21-25-24-19(29-21)7-6-18(26)23-12-14-10-16(22)20-17(11-14)27-8-9-28-20/h2-5,10-11H,6-9,12H2,1H3,(H,23,26). The van der Waals surface area contributed by atoms with E-state index in [1.165, 1.54) is 0 Å². The van der Waals surface area contributed by atoms with Crippen molar-refractivity contribution in [3.63, 3.8) is 0 Å². The summed E-state index contributed by atoms with van der Waals surface area (Å²) in [6, 6.07) is 11.4. The first-order valence-corrected chi connectivity index (χ1v) is 9.70. The lowest BCUT2D eigenvalue weighted by Gasteiger charge is -2.20. The number of hydrogen-bond donors (Lipinski definition) is 1. The molecule has 1 amide bonds. The molecule has 0 unspecified atom stereocenters. The Bertz CT molecular complexity index is 1020. The first-order chi connectivity index (χ1) is 14.1. The number of carbonyl (C=O) groups excluding carboxylic acids is 1. The summed E-state index contributed by atoms with van der Waals surface area (Å²) < 4.78 is 16.7. The molecule has 3 aromatic rings. The van der Waals surface area contributed by atoms with Crippen molar-refractivity contribution in [2.45, 2.75) is 26.3 Å². The molecule has 8 heteroatoms. The van der Waals surface area contributed by atoms with Crippen molar-refractivity contribution in [1.82, 2.24) is 15.5 Å². The number of hydrogen-bond acceptors (Lipinski definition) is 6. The second-order valence-corrected chi connectivity index (χ2v) is 7.15. The molecule has 0 radical (unpaired) electrons. The highest BCUT2D eigenvalue weighted by Crippen LogP contribution is 2.38. The van der Waals surface area contributed by atoms with E-state index in [-0.39, 0.29) is 12.3 Å². The normalized spacial score (nSPS) is 12.6. The van der Waals surface area contributed by atoms with E-state index >= 15 is 0 Å². The third kappa shape index (κ3) is 4.68. The van der Waals surface area contributed by atoms with Crippen molar-refractivity contribution in [1.29, 1.82) is 0 Å². The van der Waals surface area contributed by atoms with Crippen LogP contribution in [0.1, 0.15) is 23.4 Å². The van der Waals surface area contributed by atoms with Crippen LogP contribution in [0.15, 0.2) is 40.8 Å². The summed E-state index contributed by atoms with van der Waals surface area (Å²) in [7, 11) is 0. The predicted molar refractivity (Wildman–Crippen MR) is 107 cm³/mol. The average Bonchev–Trinajstić information content (AvgIpc) is 3.20. The Morgan fingerprint density at radius 1 is 1.14 bits per heavy atom. The summed E-state index contributed by atoms with van der Waals surface area (Å²) in [5, 5.41) is 11.4. The van der Waals surface area contributed by atoms with Gasteiger partial charge in [-0.15, -0.1) is 10.2 Å².